The summed E-state index contributed by atoms with van der Waals surface area (Å²) in [6, 6.07) is 22.8. The molecule has 0 saturated carbocycles. The molecule has 0 aliphatic carbocycles. The molecule has 0 amide bonds. The van der Waals surface area contributed by atoms with Crippen LogP contribution in [0.25, 0.3) is 16.9 Å². The fraction of sp³-hybridized carbons (Fsp3) is 0.214. The summed E-state index contributed by atoms with van der Waals surface area (Å²) in [6.07, 6.45) is 0. The Balaban J connectivity index is 1.74. The van der Waals surface area contributed by atoms with Gasteiger partial charge in [-0.15, -0.1) is 0 Å². The van der Waals surface area contributed by atoms with Crippen LogP contribution in [0.15, 0.2) is 72.8 Å². The maximum absolute atomic E-state index is 12.4. The van der Waals surface area contributed by atoms with Crippen molar-refractivity contribution in [2.75, 3.05) is 11.9 Å². The molecule has 0 radical (unpaired) electrons. The monoisotopic (exact) mass is 507 g/mol. The van der Waals surface area contributed by atoms with Crippen molar-refractivity contribution in [3.8, 4) is 16.9 Å². The highest BCUT2D eigenvalue weighted by molar-refractivity contribution is 6.35. The number of benzene rings is 3. The molecule has 7 heteroatoms. The van der Waals surface area contributed by atoms with E-state index in [1.54, 1.807) is 18.2 Å². The zero-order valence-corrected chi connectivity index (χ0v) is 21.9. The van der Waals surface area contributed by atoms with E-state index in [9.17, 15) is 4.79 Å². The van der Waals surface area contributed by atoms with Crippen LogP contribution in [0.2, 0.25) is 10.0 Å². The lowest BCUT2D eigenvalue weighted by Gasteiger charge is -2.22. The van der Waals surface area contributed by atoms with Crippen LogP contribution in [0.5, 0.6) is 0 Å². The second kappa shape index (κ2) is 9.76. The number of ether oxygens (including phenoxy) is 1. The molecule has 0 saturated heterocycles. The Labute approximate surface area is 215 Å². The van der Waals surface area contributed by atoms with Gasteiger partial charge >= 0.3 is 5.97 Å². The molecule has 0 bridgehead atoms. The average molecular weight is 508 g/mol. The van der Waals surface area contributed by atoms with Crippen molar-refractivity contribution in [3.63, 3.8) is 0 Å². The maximum Gasteiger partial charge on any atom is 0.338 e. The summed E-state index contributed by atoms with van der Waals surface area (Å²) in [5, 5.41) is 5.97. The molecule has 5 nitrogen and oxygen atoms in total. The molecule has 0 aliphatic heterocycles. The first-order valence-electron chi connectivity index (χ1n) is 11.2. The Morgan fingerprint density at radius 3 is 2.09 bits per heavy atom. The van der Waals surface area contributed by atoms with Crippen LogP contribution in [0, 0.1) is 6.92 Å². The van der Waals surface area contributed by atoms with Crippen molar-refractivity contribution < 1.29 is 9.53 Å². The maximum atomic E-state index is 12.4. The van der Waals surface area contributed by atoms with Crippen molar-refractivity contribution in [1.82, 2.24) is 9.78 Å². The van der Waals surface area contributed by atoms with Gasteiger partial charge in [0.2, 0.25) is 0 Å². The number of aryl methyl sites for hydroxylation is 1. The van der Waals surface area contributed by atoms with Gasteiger partial charge in [-0.05, 0) is 82.3 Å². The molecular formula is C28H27Cl2N3O2. The quantitative estimate of drug-likeness (QED) is 0.257. The molecular weight excluding hydrogens is 481 g/mol. The third kappa shape index (κ3) is 5.87. The number of aromatic nitrogens is 2. The van der Waals surface area contributed by atoms with E-state index in [1.165, 1.54) is 0 Å². The van der Waals surface area contributed by atoms with Gasteiger partial charge in [0.15, 0.2) is 0 Å². The van der Waals surface area contributed by atoms with E-state index < -0.39 is 5.60 Å². The van der Waals surface area contributed by atoms with Crippen LogP contribution in [0.1, 0.15) is 36.7 Å². The molecule has 0 unspecified atom stereocenters. The predicted octanol–water partition coefficient (Wildman–Crippen LogP) is 7.88. The second-order valence-electron chi connectivity index (χ2n) is 9.40. The van der Waals surface area contributed by atoms with Gasteiger partial charge in [-0.3, -0.25) is 0 Å². The zero-order chi connectivity index (χ0) is 25.3. The fourth-order valence-corrected chi connectivity index (χ4v) is 4.15. The second-order valence-corrected chi connectivity index (χ2v) is 10.3. The van der Waals surface area contributed by atoms with Crippen molar-refractivity contribution in [3.05, 3.63) is 94.0 Å². The van der Waals surface area contributed by atoms with Crippen molar-refractivity contribution in [2.24, 2.45) is 0 Å². The molecule has 180 valence electrons. The molecule has 3 aromatic carbocycles. The molecule has 35 heavy (non-hydrogen) atoms. The minimum atomic E-state index is -0.549. The van der Waals surface area contributed by atoms with Gasteiger partial charge in [-0.1, -0.05) is 40.9 Å². The minimum absolute atomic E-state index is 0.350. The topological polar surface area (TPSA) is 47.4 Å². The summed E-state index contributed by atoms with van der Waals surface area (Å²) >= 11 is 12.5. The Morgan fingerprint density at radius 2 is 1.51 bits per heavy atom. The van der Waals surface area contributed by atoms with Gasteiger partial charge in [-0.25, -0.2) is 9.48 Å². The first kappa shape index (κ1) is 24.8. The predicted molar refractivity (Wildman–Crippen MR) is 143 cm³/mol. The fourth-order valence-electron chi connectivity index (χ4n) is 3.62. The average Bonchev–Trinajstić information content (AvgIpc) is 3.23. The van der Waals surface area contributed by atoms with Gasteiger partial charge < -0.3 is 9.64 Å². The first-order chi connectivity index (χ1) is 16.5. The summed E-state index contributed by atoms with van der Waals surface area (Å²) in [7, 11) is 1.96. The van der Waals surface area contributed by atoms with E-state index in [1.807, 2.05) is 98.9 Å². The number of hydrogen-bond donors (Lipinski definition) is 0. The number of carbonyl (C=O) groups is 1. The Morgan fingerprint density at radius 1 is 0.914 bits per heavy atom. The zero-order valence-electron chi connectivity index (χ0n) is 20.3. The normalized spacial score (nSPS) is 11.4. The highest BCUT2D eigenvalue weighted by Crippen LogP contribution is 2.33. The molecule has 0 N–H and O–H groups in total. The van der Waals surface area contributed by atoms with Gasteiger partial charge in [0.1, 0.15) is 11.4 Å². The molecule has 0 atom stereocenters. The lowest BCUT2D eigenvalue weighted by molar-refractivity contribution is 0.00695. The largest absolute Gasteiger partial charge is 0.456 e. The third-order valence-corrected chi connectivity index (χ3v) is 5.80. The first-order valence-corrected chi connectivity index (χ1v) is 12.0. The Hall–Kier alpha value is -3.28. The molecule has 0 spiro atoms. The SMILES string of the molecule is Cc1ccc(-n2nc(-c3cc(Cl)cc(Cl)c3)cc2N(C)c2ccc(C(=O)OC(C)(C)C)cc2)cc1. The summed E-state index contributed by atoms with van der Waals surface area (Å²) in [5.74, 6) is 0.487. The van der Waals surface area contributed by atoms with Crippen molar-refractivity contribution in [2.45, 2.75) is 33.3 Å². The highest BCUT2D eigenvalue weighted by Gasteiger charge is 2.20. The number of hydrogen-bond acceptors (Lipinski definition) is 4. The number of halogens is 2. The van der Waals surface area contributed by atoms with E-state index in [2.05, 4.69) is 0 Å². The summed E-state index contributed by atoms with van der Waals surface area (Å²) in [5.41, 5.74) is 4.48. The van der Waals surface area contributed by atoms with Crippen LogP contribution >= 0.6 is 23.2 Å². The molecule has 0 aliphatic rings. The molecule has 4 rings (SSSR count). The van der Waals surface area contributed by atoms with E-state index in [-0.39, 0.29) is 5.97 Å². The van der Waals surface area contributed by atoms with Crippen LogP contribution in [-0.2, 0) is 4.74 Å². The standard InChI is InChI=1S/C28H27Cl2N3O2/c1-18-6-10-24(11-7-18)33-26(17-25(31-33)20-14-21(29)16-22(30)15-20)32(5)23-12-8-19(9-13-23)27(34)35-28(2,3)4/h6-17H,1-5H3. The van der Waals surface area contributed by atoms with Crippen molar-refractivity contribution >= 4 is 40.7 Å². The van der Waals surface area contributed by atoms with Crippen molar-refractivity contribution in [1.29, 1.82) is 0 Å². The smallest absolute Gasteiger partial charge is 0.338 e. The van der Waals surface area contributed by atoms with E-state index in [0.29, 0.717) is 15.6 Å². The number of carbonyl (C=O) groups excluding carboxylic acids is 1. The van der Waals surface area contributed by atoms with Gasteiger partial charge in [-0.2, -0.15) is 5.10 Å². The Kier molecular flexibility index (Phi) is 6.93. The molecule has 0 fully saturated rings. The number of esters is 1. The van der Waals surface area contributed by atoms with E-state index in [0.717, 1.165) is 34.0 Å². The Bertz CT molecular complexity index is 1330. The van der Waals surface area contributed by atoms with Gasteiger partial charge in [0.25, 0.3) is 0 Å². The molecule has 1 heterocycles. The van der Waals surface area contributed by atoms with Crippen LogP contribution in [0.3, 0.4) is 0 Å². The van der Waals surface area contributed by atoms with Gasteiger partial charge in [0, 0.05) is 34.4 Å². The number of anilines is 2. The summed E-state index contributed by atoms with van der Waals surface area (Å²) < 4.78 is 7.36. The van der Waals surface area contributed by atoms with Crippen LogP contribution in [0.4, 0.5) is 11.5 Å². The lowest BCUT2D eigenvalue weighted by atomic mass is 10.1. The number of rotatable bonds is 5. The van der Waals surface area contributed by atoms with Crippen LogP contribution in [-0.4, -0.2) is 28.4 Å². The summed E-state index contributed by atoms with van der Waals surface area (Å²) in [6.45, 7) is 7.60. The highest BCUT2D eigenvalue weighted by atomic mass is 35.5. The molecule has 4 aromatic rings. The van der Waals surface area contributed by atoms with Gasteiger partial charge in [0.05, 0.1) is 16.9 Å². The third-order valence-electron chi connectivity index (χ3n) is 5.36. The van der Waals surface area contributed by atoms with E-state index >= 15 is 0 Å². The minimum Gasteiger partial charge on any atom is -0.456 e. The van der Waals surface area contributed by atoms with E-state index in [4.69, 9.17) is 33.0 Å². The summed E-state index contributed by atoms with van der Waals surface area (Å²) in [4.78, 5) is 14.4. The lowest BCUT2D eigenvalue weighted by Crippen LogP contribution is -2.23. The number of nitrogens with zero attached hydrogens (tertiary/aromatic N) is 3. The molecule has 1 aromatic heterocycles. The van der Waals surface area contributed by atoms with Crippen LogP contribution < -0.4 is 4.90 Å².